The third-order valence-corrected chi connectivity index (χ3v) is 25.8. The van der Waals surface area contributed by atoms with Crippen molar-refractivity contribution in [3.05, 3.63) is 0 Å². The smallest absolute Gasteiger partial charge is 0.179 e. The molecule has 3 heteroatoms. The first-order chi connectivity index (χ1) is 8.61. The fraction of sp³-hybridized carbons (Fsp3) is 1.00. The van der Waals surface area contributed by atoms with Gasteiger partial charge in [-0.3, -0.25) is 0 Å². The van der Waals surface area contributed by atoms with Gasteiger partial charge in [-0.05, 0) is 12.1 Å². The average molecular weight is 289 g/mol. The fourth-order valence-electron chi connectivity index (χ4n) is 3.87. The SMILES string of the molecule is CCCCCC[Si](CC)(CC)[Si](CC)(CC)OC. The van der Waals surface area contributed by atoms with E-state index in [1.807, 2.05) is 7.11 Å². The third-order valence-electron chi connectivity index (χ3n) is 5.36. The highest BCUT2D eigenvalue weighted by atomic mass is 29.3. The van der Waals surface area contributed by atoms with Crippen LogP contribution in [0, 0.1) is 0 Å². The Bertz CT molecular complexity index is 190. The van der Waals surface area contributed by atoms with Gasteiger partial charge in [-0.15, -0.1) is 0 Å². The zero-order chi connectivity index (χ0) is 14.1. The average Bonchev–Trinajstić information content (AvgIpc) is 2.43. The van der Waals surface area contributed by atoms with Gasteiger partial charge in [0.1, 0.15) is 0 Å². The van der Waals surface area contributed by atoms with Gasteiger partial charge in [0.2, 0.25) is 0 Å². The molecule has 0 spiro atoms. The van der Waals surface area contributed by atoms with Crippen LogP contribution in [0.1, 0.15) is 60.3 Å². The summed E-state index contributed by atoms with van der Waals surface area (Å²) in [4.78, 5) is 0. The molecule has 0 aromatic carbocycles. The number of rotatable bonds is 11. The lowest BCUT2D eigenvalue weighted by Gasteiger charge is -2.45. The molecular formula is C15H36OSi2. The summed E-state index contributed by atoms with van der Waals surface area (Å²) in [6.07, 6.45) is 5.66. The summed E-state index contributed by atoms with van der Waals surface area (Å²) in [6.45, 7) is 12.0. The normalized spacial score (nSPS) is 13.0. The van der Waals surface area contributed by atoms with Crippen molar-refractivity contribution in [2.45, 2.75) is 90.5 Å². The Morgan fingerprint density at radius 2 is 1.28 bits per heavy atom. The van der Waals surface area contributed by atoms with E-state index < -0.39 is 15.4 Å². The van der Waals surface area contributed by atoms with Crippen molar-refractivity contribution >= 4 is 15.4 Å². The van der Waals surface area contributed by atoms with E-state index in [4.69, 9.17) is 4.43 Å². The van der Waals surface area contributed by atoms with Gasteiger partial charge < -0.3 is 4.43 Å². The Morgan fingerprint density at radius 3 is 1.61 bits per heavy atom. The molecular weight excluding hydrogens is 252 g/mol. The van der Waals surface area contributed by atoms with Crippen LogP contribution in [0.5, 0.6) is 0 Å². The zero-order valence-electron chi connectivity index (χ0n) is 13.8. The summed E-state index contributed by atoms with van der Waals surface area (Å²) >= 11 is 0. The molecule has 0 aromatic heterocycles. The minimum atomic E-state index is -1.42. The van der Waals surface area contributed by atoms with Crippen molar-refractivity contribution in [1.82, 2.24) is 0 Å². The minimum Gasteiger partial charge on any atom is -0.423 e. The van der Waals surface area contributed by atoms with E-state index in [2.05, 4.69) is 34.6 Å². The standard InChI is InChI=1S/C15H36OSi2/c1-7-12-13-14-15-17(8-2,9-3)18(10-4,11-5)16-6/h7-15H2,1-6H3. The number of unbranched alkanes of at least 4 members (excludes halogenated alkanes) is 3. The van der Waals surface area contributed by atoms with Crippen molar-refractivity contribution in [2.24, 2.45) is 0 Å². The molecule has 18 heavy (non-hydrogen) atoms. The van der Waals surface area contributed by atoms with Gasteiger partial charge in [0.05, 0.1) is 7.59 Å². The summed E-state index contributed by atoms with van der Waals surface area (Å²) < 4.78 is 6.24. The van der Waals surface area contributed by atoms with E-state index >= 15 is 0 Å². The van der Waals surface area contributed by atoms with Gasteiger partial charge in [-0.2, -0.15) is 0 Å². The molecule has 0 aromatic rings. The van der Waals surface area contributed by atoms with Gasteiger partial charge in [0, 0.05) is 7.11 Å². The van der Waals surface area contributed by atoms with Crippen molar-refractivity contribution in [3.8, 4) is 0 Å². The Labute approximate surface area is 118 Å². The molecule has 0 bridgehead atoms. The van der Waals surface area contributed by atoms with Gasteiger partial charge in [0.25, 0.3) is 0 Å². The highest BCUT2D eigenvalue weighted by Crippen LogP contribution is 2.38. The Balaban J connectivity index is 4.86. The Morgan fingerprint density at radius 1 is 0.722 bits per heavy atom. The summed E-state index contributed by atoms with van der Waals surface area (Å²) in [5.41, 5.74) is 0. The highest BCUT2D eigenvalue weighted by Gasteiger charge is 2.50. The molecule has 0 N–H and O–H groups in total. The number of hydrogen-bond donors (Lipinski definition) is 0. The van der Waals surface area contributed by atoms with Crippen molar-refractivity contribution < 1.29 is 4.43 Å². The molecule has 110 valence electrons. The van der Waals surface area contributed by atoms with Crippen LogP contribution in [-0.2, 0) is 4.43 Å². The van der Waals surface area contributed by atoms with Crippen LogP contribution < -0.4 is 0 Å². The van der Waals surface area contributed by atoms with E-state index in [0.29, 0.717) is 0 Å². The lowest BCUT2D eigenvalue weighted by atomic mass is 10.2. The largest absolute Gasteiger partial charge is 0.423 e. The lowest BCUT2D eigenvalue weighted by Crippen LogP contribution is -2.63. The molecule has 0 rings (SSSR count). The second-order valence-corrected chi connectivity index (χ2v) is 19.9. The quantitative estimate of drug-likeness (QED) is 0.346. The minimum absolute atomic E-state index is 1.16. The Kier molecular flexibility index (Phi) is 9.53. The molecule has 0 amide bonds. The zero-order valence-corrected chi connectivity index (χ0v) is 15.8. The fourth-order valence-corrected chi connectivity index (χ4v) is 22.3. The highest BCUT2D eigenvalue weighted by molar-refractivity contribution is 7.40. The maximum atomic E-state index is 6.24. The van der Waals surface area contributed by atoms with E-state index in [-0.39, 0.29) is 0 Å². The Hall–Kier alpha value is 0.394. The van der Waals surface area contributed by atoms with Gasteiger partial charge in [-0.1, -0.05) is 78.4 Å². The molecule has 0 saturated heterocycles. The molecule has 1 nitrogen and oxygen atoms in total. The summed E-state index contributed by atoms with van der Waals surface area (Å²) in [5.74, 6) is 0. The van der Waals surface area contributed by atoms with Crippen molar-refractivity contribution in [1.29, 1.82) is 0 Å². The van der Waals surface area contributed by atoms with E-state index in [1.165, 1.54) is 55.9 Å². The summed E-state index contributed by atoms with van der Waals surface area (Å²) in [7, 11) is -0.563. The van der Waals surface area contributed by atoms with Crippen LogP contribution in [0.4, 0.5) is 0 Å². The molecule has 0 aliphatic heterocycles. The molecule has 0 aliphatic carbocycles. The van der Waals surface area contributed by atoms with Gasteiger partial charge >= 0.3 is 0 Å². The second-order valence-electron chi connectivity index (χ2n) is 5.70. The molecule has 0 radical (unpaired) electrons. The summed E-state index contributed by atoms with van der Waals surface area (Å²) in [5, 5.41) is 0. The third kappa shape index (κ3) is 3.94. The first-order valence-electron chi connectivity index (χ1n) is 8.17. The lowest BCUT2D eigenvalue weighted by molar-refractivity contribution is 0.407. The van der Waals surface area contributed by atoms with Gasteiger partial charge in [0.15, 0.2) is 7.83 Å². The molecule has 0 atom stereocenters. The maximum Gasteiger partial charge on any atom is 0.179 e. The second kappa shape index (κ2) is 9.32. The van der Waals surface area contributed by atoms with Crippen LogP contribution in [0.3, 0.4) is 0 Å². The molecule has 0 saturated carbocycles. The van der Waals surface area contributed by atoms with Gasteiger partial charge in [-0.25, -0.2) is 0 Å². The maximum absolute atomic E-state index is 6.24. The van der Waals surface area contributed by atoms with E-state index in [1.54, 1.807) is 0 Å². The molecule has 0 heterocycles. The first-order valence-corrected chi connectivity index (χ1v) is 14.1. The van der Waals surface area contributed by atoms with Crippen LogP contribution in [-0.4, -0.2) is 22.5 Å². The topological polar surface area (TPSA) is 9.23 Å². The number of hydrogen-bond acceptors (Lipinski definition) is 1. The summed E-state index contributed by atoms with van der Waals surface area (Å²) in [6, 6.07) is 7.08. The van der Waals surface area contributed by atoms with E-state index in [9.17, 15) is 0 Å². The molecule has 0 aliphatic rings. The van der Waals surface area contributed by atoms with Crippen LogP contribution in [0.15, 0.2) is 0 Å². The molecule has 0 unspecified atom stereocenters. The van der Waals surface area contributed by atoms with Crippen molar-refractivity contribution in [2.75, 3.05) is 7.11 Å². The monoisotopic (exact) mass is 288 g/mol. The molecule has 0 fully saturated rings. The van der Waals surface area contributed by atoms with E-state index in [0.717, 1.165) is 0 Å². The predicted octanol–water partition coefficient (Wildman–Crippen LogP) is 5.77. The van der Waals surface area contributed by atoms with Crippen LogP contribution in [0.25, 0.3) is 0 Å². The van der Waals surface area contributed by atoms with Crippen LogP contribution >= 0.6 is 0 Å². The predicted molar refractivity (Wildman–Crippen MR) is 89.4 cm³/mol. The first kappa shape index (κ1) is 18.4. The van der Waals surface area contributed by atoms with Crippen LogP contribution in [0.2, 0.25) is 30.2 Å². The van der Waals surface area contributed by atoms with Crippen molar-refractivity contribution in [3.63, 3.8) is 0 Å².